The number of aromatic nitrogens is 2. The number of hydrogen-bond acceptors (Lipinski definition) is 4. The summed E-state index contributed by atoms with van der Waals surface area (Å²) in [6, 6.07) is 1.70. The Morgan fingerprint density at radius 3 is 3.09 bits per heavy atom. The van der Waals surface area contributed by atoms with Crippen molar-refractivity contribution in [1.82, 2.24) is 14.8 Å². The molecule has 1 fully saturated rings. The maximum Gasteiger partial charge on any atom is 0.293 e. The lowest BCUT2D eigenvalue weighted by Crippen LogP contribution is -2.38. The molecule has 1 aliphatic rings. The van der Waals surface area contributed by atoms with Crippen molar-refractivity contribution in [2.45, 2.75) is 18.8 Å². The summed E-state index contributed by atoms with van der Waals surface area (Å²) in [5.74, 6) is -0.356. The fraction of sp³-hybridized carbons (Fsp3) is 0.357. The van der Waals surface area contributed by atoms with Crippen LogP contribution in [0.25, 0.3) is 10.9 Å². The van der Waals surface area contributed by atoms with Crippen LogP contribution < -0.4 is 0 Å². The van der Waals surface area contributed by atoms with Gasteiger partial charge in [0, 0.05) is 11.3 Å². The van der Waals surface area contributed by atoms with E-state index in [9.17, 15) is 9.18 Å². The van der Waals surface area contributed by atoms with Crippen molar-refractivity contribution < 1.29 is 9.18 Å². The van der Waals surface area contributed by atoms with Crippen LogP contribution in [0.3, 0.4) is 0 Å². The Bertz CT molecular complexity index is 733. The van der Waals surface area contributed by atoms with Crippen LogP contribution >= 0.6 is 27.5 Å². The second-order valence-corrected chi connectivity index (χ2v) is 6.46. The molecule has 22 heavy (non-hydrogen) atoms. The highest BCUT2D eigenvalue weighted by Gasteiger charge is 2.25. The number of halogens is 3. The van der Waals surface area contributed by atoms with Crippen LogP contribution in [0.1, 0.15) is 24.5 Å². The first-order chi connectivity index (χ1) is 10.6. The van der Waals surface area contributed by atoms with Gasteiger partial charge in [-0.3, -0.25) is 0 Å². The van der Waals surface area contributed by atoms with Gasteiger partial charge >= 0.3 is 0 Å². The van der Waals surface area contributed by atoms with Crippen LogP contribution in [0.2, 0.25) is 5.02 Å². The topological polar surface area (TPSA) is 46.1 Å². The predicted octanol–water partition coefficient (Wildman–Crippen LogP) is 3.17. The highest BCUT2D eigenvalue weighted by molar-refractivity contribution is 9.10. The zero-order valence-electron chi connectivity index (χ0n) is 11.6. The normalized spacial score (nSPS) is 19.3. The number of nitrogens with zero attached hydrogens (tertiary/aromatic N) is 3. The van der Waals surface area contributed by atoms with E-state index in [1.807, 2.05) is 4.81 Å². The molecule has 2 aromatic rings. The third kappa shape index (κ3) is 2.89. The Morgan fingerprint density at radius 2 is 2.32 bits per heavy atom. The van der Waals surface area contributed by atoms with Gasteiger partial charge in [-0.15, -0.1) is 0 Å². The molecule has 0 aliphatic carbocycles. The van der Waals surface area contributed by atoms with Crippen LogP contribution in [0.4, 0.5) is 4.39 Å². The number of fused-ring (bicyclic) bond motifs is 1. The first kappa shape index (κ1) is 15.8. The minimum Gasteiger partial charge on any atom is -0.339 e. The van der Waals surface area contributed by atoms with Crippen LogP contribution in [0, 0.1) is 5.82 Å². The predicted molar refractivity (Wildman–Crippen MR) is 88.3 cm³/mol. The SMILES string of the molecule is O=C[B]N1CCCC(c2ncnc3c(F)c(Br)c(Cl)cc23)C1. The van der Waals surface area contributed by atoms with Gasteiger partial charge in [0.1, 0.15) is 11.8 Å². The molecule has 1 aliphatic heterocycles. The lowest BCUT2D eigenvalue weighted by atomic mass is 9.85. The van der Waals surface area contributed by atoms with Gasteiger partial charge < -0.3 is 9.61 Å². The Balaban J connectivity index is 2.05. The summed E-state index contributed by atoms with van der Waals surface area (Å²) in [4.78, 5) is 21.0. The van der Waals surface area contributed by atoms with Gasteiger partial charge in [0.05, 0.1) is 21.4 Å². The molecule has 0 saturated carbocycles. The smallest absolute Gasteiger partial charge is 0.293 e. The molecule has 8 heteroatoms. The molecule has 1 radical (unpaired) electrons. The maximum absolute atomic E-state index is 14.3. The molecule has 4 nitrogen and oxygen atoms in total. The van der Waals surface area contributed by atoms with Crippen LogP contribution in [0.15, 0.2) is 16.9 Å². The van der Waals surface area contributed by atoms with E-state index in [1.165, 1.54) is 6.33 Å². The Morgan fingerprint density at radius 1 is 1.50 bits per heavy atom. The average Bonchev–Trinajstić information content (AvgIpc) is 2.53. The summed E-state index contributed by atoms with van der Waals surface area (Å²) in [5.41, 5.74) is 1.04. The number of carbonyl (C=O) groups is 1. The molecular formula is C14H12BBrClFN3O. The number of carbonyl (C=O) groups excluding carboxylic acids is 1. The van der Waals surface area contributed by atoms with Crippen LogP contribution in [0.5, 0.6) is 0 Å². The second kappa shape index (κ2) is 6.60. The van der Waals surface area contributed by atoms with Crippen molar-refractivity contribution in [2.24, 2.45) is 0 Å². The van der Waals surface area contributed by atoms with E-state index in [0.29, 0.717) is 17.0 Å². The van der Waals surface area contributed by atoms with Crippen molar-refractivity contribution in [3.8, 4) is 0 Å². The molecule has 1 aromatic heterocycles. The number of hydrogen-bond donors (Lipinski definition) is 0. The summed E-state index contributed by atoms with van der Waals surface area (Å²) in [6.45, 7) is 1.53. The quantitative estimate of drug-likeness (QED) is 0.464. The van der Waals surface area contributed by atoms with Crippen molar-refractivity contribution >= 4 is 52.0 Å². The van der Waals surface area contributed by atoms with Gasteiger partial charge in [-0.1, -0.05) is 11.6 Å². The molecule has 1 atom stereocenters. The van der Waals surface area contributed by atoms with E-state index in [0.717, 1.165) is 31.3 Å². The summed E-state index contributed by atoms with van der Waals surface area (Å²) in [5, 5.41) is 0.930. The van der Waals surface area contributed by atoms with E-state index in [2.05, 4.69) is 25.9 Å². The lowest BCUT2D eigenvalue weighted by Gasteiger charge is -2.31. The third-order valence-corrected chi connectivity index (χ3v) is 5.21. The minimum atomic E-state index is -0.474. The molecule has 1 saturated heterocycles. The average molecular weight is 383 g/mol. The molecule has 2 heterocycles. The summed E-state index contributed by atoms with van der Waals surface area (Å²) < 4.78 is 14.5. The molecule has 0 spiro atoms. The summed E-state index contributed by atoms with van der Waals surface area (Å²) in [6.07, 6.45) is 4.05. The Labute approximate surface area is 141 Å². The third-order valence-electron chi connectivity index (χ3n) is 3.91. The number of rotatable bonds is 3. The molecule has 3 rings (SSSR count). The van der Waals surface area contributed by atoms with Gasteiger partial charge in [-0.05, 0) is 47.9 Å². The fourth-order valence-corrected chi connectivity index (χ4v) is 3.40. The first-order valence-corrected chi connectivity index (χ1v) is 8.09. The Hall–Kier alpha value is -1.05. The molecule has 0 bridgehead atoms. The van der Waals surface area contributed by atoms with Gasteiger partial charge in [-0.2, -0.15) is 0 Å². The monoisotopic (exact) mass is 382 g/mol. The lowest BCUT2D eigenvalue weighted by molar-refractivity contribution is 0.325. The molecule has 0 N–H and O–H groups in total. The highest BCUT2D eigenvalue weighted by atomic mass is 79.9. The van der Waals surface area contributed by atoms with E-state index < -0.39 is 5.82 Å². The summed E-state index contributed by atoms with van der Waals surface area (Å²) in [7, 11) is 1.54. The Kier molecular flexibility index (Phi) is 4.75. The maximum atomic E-state index is 14.3. The van der Waals surface area contributed by atoms with Crippen molar-refractivity contribution in [2.75, 3.05) is 13.1 Å². The zero-order chi connectivity index (χ0) is 15.7. The second-order valence-electron chi connectivity index (χ2n) is 5.26. The highest BCUT2D eigenvalue weighted by Crippen LogP contribution is 2.35. The zero-order valence-corrected chi connectivity index (χ0v) is 13.9. The van der Waals surface area contributed by atoms with Gasteiger partial charge in [-0.25, -0.2) is 14.4 Å². The molecule has 0 amide bonds. The molecule has 1 aromatic carbocycles. The summed E-state index contributed by atoms with van der Waals surface area (Å²) >= 11 is 9.21. The van der Waals surface area contributed by atoms with Gasteiger partial charge in [0.15, 0.2) is 5.82 Å². The fourth-order valence-electron chi connectivity index (χ4n) is 2.90. The van der Waals surface area contributed by atoms with E-state index in [1.54, 1.807) is 13.5 Å². The van der Waals surface area contributed by atoms with Gasteiger partial charge in [0.25, 0.3) is 7.41 Å². The molecule has 113 valence electrons. The minimum absolute atomic E-state index is 0.118. The van der Waals surface area contributed by atoms with E-state index >= 15 is 0 Å². The van der Waals surface area contributed by atoms with Crippen LogP contribution in [-0.2, 0) is 4.79 Å². The van der Waals surface area contributed by atoms with Crippen LogP contribution in [-0.4, -0.2) is 41.5 Å². The van der Waals surface area contributed by atoms with Crippen molar-refractivity contribution in [3.05, 3.63) is 33.4 Å². The first-order valence-electron chi connectivity index (χ1n) is 6.92. The van der Waals surface area contributed by atoms with Crippen molar-refractivity contribution in [1.29, 1.82) is 0 Å². The molecule has 1 unspecified atom stereocenters. The largest absolute Gasteiger partial charge is 0.339 e. The molecular weight excluding hydrogens is 371 g/mol. The standard InChI is InChI=1S/C14H12BBrClFN3O/c16-11-10(17)4-9-13(19-7-20-14(9)12(11)18)8-2-1-3-21(5-8)15-6-22/h4,6-8H,1-3,5H2. The van der Waals surface area contributed by atoms with Gasteiger partial charge in [0.2, 0.25) is 0 Å². The van der Waals surface area contributed by atoms with E-state index in [-0.39, 0.29) is 15.9 Å². The number of benzene rings is 1. The van der Waals surface area contributed by atoms with Crippen molar-refractivity contribution in [3.63, 3.8) is 0 Å². The number of piperidine rings is 1. The van der Waals surface area contributed by atoms with E-state index in [4.69, 9.17) is 11.6 Å².